The Labute approximate surface area is 188 Å². The molecule has 2 aromatic carbocycles. The molecule has 0 saturated heterocycles. The summed E-state index contributed by atoms with van der Waals surface area (Å²) in [6.45, 7) is 3.63. The Kier molecular flexibility index (Phi) is 6.22. The quantitative estimate of drug-likeness (QED) is 0.399. The molecule has 0 aliphatic rings. The largest absolute Gasteiger partial charge is 0.451 e. The van der Waals surface area contributed by atoms with E-state index in [0.717, 1.165) is 31.1 Å². The van der Waals surface area contributed by atoms with E-state index >= 15 is 0 Å². The first-order valence-corrected chi connectivity index (χ1v) is 10.8. The highest BCUT2D eigenvalue weighted by atomic mass is 32.1. The summed E-state index contributed by atoms with van der Waals surface area (Å²) in [4.78, 5) is 32.1. The van der Waals surface area contributed by atoms with Gasteiger partial charge in [-0.3, -0.25) is 4.79 Å². The van der Waals surface area contributed by atoms with Crippen molar-refractivity contribution in [1.29, 1.82) is 0 Å². The third-order valence-electron chi connectivity index (χ3n) is 4.78. The second kappa shape index (κ2) is 9.23. The Morgan fingerprint density at radius 1 is 1.16 bits per heavy atom. The highest BCUT2D eigenvalue weighted by Crippen LogP contribution is 2.22. The van der Waals surface area contributed by atoms with Crippen LogP contribution in [0, 0.1) is 6.92 Å². The molecule has 9 nitrogen and oxygen atoms in total. The predicted octanol–water partition coefficient (Wildman–Crippen LogP) is 2.85. The van der Waals surface area contributed by atoms with E-state index in [4.69, 9.17) is 4.74 Å². The summed E-state index contributed by atoms with van der Waals surface area (Å²) >= 11 is 1.53. The Balaban J connectivity index is 1.31. The summed E-state index contributed by atoms with van der Waals surface area (Å²) in [6.07, 6.45) is -0.943. The number of likely N-dealkylation sites (N-methyl/N-ethyl adjacent to an activating group) is 1. The van der Waals surface area contributed by atoms with Gasteiger partial charge in [0, 0.05) is 12.6 Å². The Morgan fingerprint density at radius 3 is 2.66 bits per heavy atom. The summed E-state index contributed by atoms with van der Waals surface area (Å²) in [5.74, 6) is -0.519. The van der Waals surface area contributed by atoms with Crippen LogP contribution in [0.5, 0.6) is 0 Å². The normalized spacial score (nSPS) is 12.0. The molecule has 1 atom stereocenters. The fourth-order valence-electron chi connectivity index (χ4n) is 3.11. The topological polar surface area (TPSA) is 103 Å². The molecule has 4 aromatic rings. The van der Waals surface area contributed by atoms with Gasteiger partial charge in [0.15, 0.2) is 12.6 Å². The minimum Gasteiger partial charge on any atom is -0.451 e. The van der Waals surface area contributed by atoms with Crippen molar-refractivity contribution in [3.05, 3.63) is 59.1 Å². The van der Waals surface area contributed by atoms with Gasteiger partial charge in [-0.1, -0.05) is 42.0 Å². The van der Waals surface area contributed by atoms with Gasteiger partial charge < -0.3 is 9.64 Å². The fourth-order valence-corrected chi connectivity index (χ4v) is 4.13. The lowest BCUT2D eigenvalue weighted by atomic mass is 10.1. The van der Waals surface area contributed by atoms with Crippen molar-refractivity contribution in [1.82, 2.24) is 30.1 Å². The van der Waals surface area contributed by atoms with Crippen LogP contribution in [0.4, 0.5) is 0 Å². The number of ether oxygens (including phenoxy) is 1. The number of tetrazole rings is 1. The van der Waals surface area contributed by atoms with Gasteiger partial charge in [-0.15, -0.1) is 21.5 Å². The van der Waals surface area contributed by atoms with Crippen LogP contribution in [-0.2, 0) is 27.4 Å². The molecule has 1 unspecified atom stereocenters. The summed E-state index contributed by atoms with van der Waals surface area (Å²) in [6, 6.07) is 15.5. The molecule has 2 heterocycles. The molecule has 0 fully saturated rings. The van der Waals surface area contributed by atoms with Gasteiger partial charge in [-0.2, -0.15) is 4.80 Å². The molecular weight excluding hydrogens is 428 g/mol. The number of benzene rings is 2. The number of fused-ring (bicyclic) bond motifs is 1. The Hall–Kier alpha value is -3.66. The lowest BCUT2D eigenvalue weighted by Gasteiger charge is -2.20. The molecule has 0 saturated carbocycles. The molecular formula is C22H22N6O3S. The van der Waals surface area contributed by atoms with Crippen LogP contribution in [-0.4, -0.2) is 55.1 Å². The van der Waals surface area contributed by atoms with Gasteiger partial charge in [0.1, 0.15) is 5.01 Å². The molecule has 4 rings (SSSR count). The van der Waals surface area contributed by atoms with E-state index in [0.29, 0.717) is 12.4 Å². The van der Waals surface area contributed by atoms with Crippen LogP contribution in [0.25, 0.3) is 21.6 Å². The van der Waals surface area contributed by atoms with Crippen molar-refractivity contribution in [3.63, 3.8) is 0 Å². The summed E-state index contributed by atoms with van der Waals surface area (Å²) in [7, 11) is 1.66. The molecule has 164 valence electrons. The van der Waals surface area contributed by atoms with Crippen molar-refractivity contribution in [3.8, 4) is 11.4 Å². The third kappa shape index (κ3) is 4.97. The number of rotatable bonds is 7. The van der Waals surface area contributed by atoms with Crippen molar-refractivity contribution in [2.75, 3.05) is 7.05 Å². The number of aryl methyl sites for hydroxylation is 1. The van der Waals surface area contributed by atoms with Crippen LogP contribution in [0.1, 0.15) is 17.5 Å². The van der Waals surface area contributed by atoms with E-state index in [1.165, 1.54) is 16.2 Å². The number of esters is 1. The van der Waals surface area contributed by atoms with E-state index in [-0.39, 0.29) is 12.5 Å². The smallest absolute Gasteiger partial charge is 0.330 e. The molecule has 32 heavy (non-hydrogen) atoms. The molecule has 0 spiro atoms. The number of nitrogens with zero attached hydrogens (tertiary/aromatic N) is 6. The standard InChI is InChI=1S/C22H22N6O3S/c1-14-8-10-16(11-9-14)21-24-26-28(25-21)13-20(29)31-15(2)22(30)27(3)12-19-23-17-6-4-5-7-18(17)32-19/h4-11,15H,12-13H2,1-3H3. The number of carbonyl (C=O) groups excluding carboxylic acids is 2. The number of hydrogen-bond acceptors (Lipinski definition) is 8. The number of para-hydroxylation sites is 1. The van der Waals surface area contributed by atoms with Crippen LogP contribution in [0.15, 0.2) is 48.5 Å². The monoisotopic (exact) mass is 450 g/mol. The van der Waals surface area contributed by atoms with E-state index in [1.54, 1.807) is 14.0 Å². The highest BCUT2D eigenvalue weighted by molar-refractivity contribution is 7.18. The third-order valence-corrected chi connectivity index (χ3v) is 5.80. The molecule has 10 heteroatoms. The van der Waals surface area contributed by atoms with Gasteiger partial charge in [0.05, 0.1) is 16.8 Å². The van der Waals surface area contributed by atoms with Crippen LogP contribution >= 0.6 is 11.3 Å². The second-order valence-corrected chi connectivity index (χ2v) is 8.53. The van der Waals surface area contributed by atoms with E-state index in [2.05, 4.69) is 20.4 Å². The molecule has 0 aliphatic carbocycles. The first-order valence-electron chi connectivity index (χ1n) is 10.0. The van der Waals surface area contributed by atoms with Crippen LogP contribution in [0.2, 0.25) is 0 Å². The Morgan fingerprint density at radius 2 is 1.91 bits per heavy atom. The van der Waals surface area contributed by atoms with E-state index in [1.807, 2.05) is 55.5 Å². The summed E-state index contributed by atoms with van der Waals surface area (Å²) in [5, 5.41) is 12.9. The number of aromatic nitrogens is 5. The average Bonchev–Trinajstić information content (AvgIpc) is 3.39. The van der Waals surface area contributed by atoms with Gasteiger partial charge in [0.2, 0.25) is 5.82 Å². The predicted molar refractivity (Wildman–Crippen MR) is 120 cm³/mol. The minimum atomic E-state index is -0.943. The van der Waals surface area contributed by atoms with Crippen molar-refractivity contribution in [2.45, 2.75) is 33.0 Å². The van der Waals surface area contributed by atoms with Gasteiger partial charge in [0.25, 0.3) is 5.91 Å². The van der Waals surface area contributed by atoms with Crippen LogP contribution < -0.4 is 0 Å². The van der Waals surface area contributed by atoms with Gasteiger partial charge >= 0.3 is 5.97 Å². The zero-order valence-corrected chi connectivity index (χ0v) is 18.7. The van der Waals surface area contributed by atoms with Crippen LogP contribution in [0.3, 0.4) is 0 Å². The molecule has 1 amide bonds. The SMILES string of the molecule is Cc1ccc(-c2nnn(CC(=O)OC(C)C(=O)N(C)Cc3nc4ccccc4s3)n2)cc1. The van der Waals surface area contributed by atoms with Crippen molar-refractivity contribution in [2.24, 2.45) is 0 Å². The Bertz CT molecular complexity index is 1220. The maximum atomic E-state index is 12.6. The zero-order valence-electron chi connectivity index (χ0n) is 17.9. The molecule has 0 radical (unpaired) electrons. The fraction of sp³-hybridized carbons (Fsp3) is 0.273. The second-order valence-electron chi connectivity index (χ2n) is 7.41. The molecule has 0 N–H and O–H groups in total. The van der Waals surface area contributed by atoms with Crippen molar-refractivity contribution >= 4 is 33.4 Å². The van der Waals surface area contributed by atoms with E-state index < -0.39 is 12.1 Å². The molecule has 0 aliphatic heterocycles. The lowest BCUT2D eigenvalue weighted by molar-refractivity contribution is -0.159. The minimum absolute atomic E-state index is 0.238. The summed E-state index contributed by atoms with van der Waals surface area (Å²) in [5.41, 5.74) is 2.82. The first kappa shape index (κ1) is 21.6. The number of carbonyl (C=O) groups is 2. The number of thiazole rings is 1. The molecule has 2 aromatic heterocycles. The average molecular weight is 451 g/mol. The van der Waals surface area contributed by atoms with E-state index in [9.17, 15) is 9.59 Å². The highest BCUT2D eigenvalue weighted by Gasteiger charge is 2.23. The molecule has 0 bridgehead atoms. The number of hydrogen-bond donors (Lipinski definition) is 0. The lowest BCUT2D eigenvalue weighted by Crippen LogP contribution is -2.37. The van der Waals surface area contributed by atoms with Crippen molar-refractivity contribution < 1.29 is 14.3 Å². The first-order chi connectivity index (χ1) is 15.4. The van der Waals surface area contributed by atoms with Gasteiger partial charge in [-0.25, -0.2) is 9.78 Å². The zero-order chi connectivity index (χ0) is 22.7. The number of amides is 1. The maximum Gasteiger partial charge on any atom is 0.330 e. The maximum absolute atomic E-state index is 12.6. The summed E-state index contributed by atoms with van der Waals surface area (Å²) < 4.78 is 6.35. The van der Waals surface area contributed by atoms with Gasteiger partial charge in [-0.05, 0) is 31.2 Å².